The van der Waals surface area contributed by atoms with Gasteiger partial charge in [0, 0.05) is 6.42 Å². The zero-order chi connectivity index (χ0) is 26.4. The van der Waals surface area contributed by atoms with Gasteiger partial charge in [0.2, 0.25) is 0 Å². The molecule has 9 heteroatoms. The highest BCUT2D eigenvalue weighted by atomic mass is 32.7. The van der Waals surface area contributed by atoms with Crippen molar-refractivity contribution >= 4 is 24.1 Å². The first-order valence-electron chi connectivity index (χ1n) is 13.8. The number of rotatable bonds is 25. The average Bonchev–Trinajstić information content (AvgIpc) is 2.78. The van der Waals surface area contributed by atoms with Crippen LogP contribution in [0.2, 0.25) is 0 Å². The summed E-state index contributed by atoms with van der Waals surface area (Å²) in [5.41, 5.74) is 0. The molecular formula is C26H54NO6PS. The van der Waals surface area contributed by atoms with E-state index < -0.39 is 25.5 Å². The standard InChI is InChI=1S/C26H54NO6PS/c1-5-6-7-8-9-10-11-12-13-14-15-16-17-18-19-20-26(29)33-25(23-28)24-32-34(30,31)35-22-21-27(2,3)4/h25,28H,5-24H2,1-4H3/t25-/m1/s1. The number of nitrogens with zero attached hydrogens (tertiary/aromatic N) is 1. The Morgan fingerprint density at radius 1 is 0.886 bits per heavy atom. The summed E-state index contributed by atoms with van der Waals surface area (Å²) in [6.07, 6.45) is 18.2. The molecule has 0 aromatic rings. The molecule has 1 N–H and O–H groups in total. The van der Waals surface area contributed by atoms with Crippen molar-refractivity contribution in [2.45, 2.75) is 116 Å². The van der Waals surface area contributed by atoms with Gasteiger partial charge in [-0.2, -0.15) is 0 Å². The molecule has 0 saturated carbocycles. The molecule has 0 amide bonds. The topological polar surface area (TPSA) is 95.9 Å². The van der Waals surface area contributed by atoms with E-state index in [-0.39, 0.29) is 13.0 Å². The fourth-order valence-corrected chi connectivity index (χ4v) is 6.25. The molecule has 0 heterocycles. The van der Waals surface area contributed by atoms with Crippen molar-refractivity contribution in [3.05, 3.63) is 0 Å². The Morgan fingerprint density at radius 2 is 1.34 bits per heavy atom. The molecule has 0 aliphatic rings. The molecule has 0 aromatic carbocycles. The zero-order valence-corrected chi connectivity index (χ0v) is 24.7. The van der Waals surface area contributed by atoms with Gasteiger partial charge in [-0.15, -0.1) is 0 Å². The molecule has 1 unspecified atom stereocenters. The molecular weight excluding hydrogens is 485 g/mol. The van der Waals surface area contributed by atoms with E-state index in [9.17, 15) is 19.4 Å². The summed E-state index contributed by atoms with van der Waals surface area (Å²) in [4.78, 5) is 24.0. The highest BCUT2D eigenvalue weighted by Crippen LogP contribution is 2.51. The van der Waals surface area contributed by atoms with Crippen LogP contribution in [0.3, 0.4) is 0 Å². The summed E-state index contributed by atoms with van der Waals surface area (Å²) in [6, 6.07) is 0. The minimum atomic E-state index is -4.09. The van der Waals surface area contributed by atoms with Crippen LogP contribution in [-0.4, -0.2) is 68.3 Å². The number of carbonyl (C=O) groups excluding carboxylic acids is 1. The number of esters is 1. The van der Waals surface area contributed by atoms with Crippen molar-refractivity contribution < 1.29 is 33.1 Å². The fraction of sp³-hybridized carbons (Fsp3) is 0.962. The molecule has 0 saturated heterocycles. The van der Waals surface area contributed by atoms with Crippen LogP contribution in [0.15, 0.2) is 0 Å². The molecule has 0 aliphatic heterocycles. The lowest BCUT2D eigenvalue weighted by Gasteiger charge is -2.27. The quantitative estimate of drug-likeness (QED) is 0.0650. The van der Waals surface area contributed by atoms with Gasteiger partial charge in [0.15, 0.2) is 6.80 Å². The lowest BCUT2D eigenvalue weighted by Crippen LogP contribution is -2.36. The van der Waals surface area contributed by atoms with Crippen molar-refractivity contribution in [3.8, 4) is 0 Å². The van der Waals surface area contributed by atoms with E-state index in [4.69, 9.17) is 9.26 Å². The summed E-state index contributed by atoms with van der Waals surface area (Å²) in [7, 11) is 5.95. The number of carbonyl (C=O) groups is 1. The summed E-state index contributed by atoms with van der Waals surface area (Å²) in [5, 5.41) is 9.40. The molecule has 0 spiro atoms. The predicted molar refractivity (Wildman–Crippen MR) is 145 cm³/mol. The third kappa shape index (κ3) is 25.3. The summed E-state index contributed by atoms with van der Waals surface area (Å²) >= 11 is 0.749. The number of hydrogen-bond acceptors (Lipinski definition) is 7. The third-order valence-corrected chi connectivity index (χ3v) is 8.88. The van der Waals surface area contributed by atoms with Crippen LogP contribution in [0.25, 0.3) is 0 Å². The van der Waals surface area contributed by atoms with Crippen LogP contribution in [-0.2, 0) is 18.6 Å². The molecule has 0 radical (unpaired) electrons. The van der Waals surface area contributed by atoms with Gasteiger partial charge in [0.1, 0.15) is 6.10 Å². The first kappa shape index (κ1) is 34.9. The fourth-order valence-electron chi connectivity index (χ4n) is 3.65. The van der Waals surface area contributed by atoms with E-state index >= 15 is 0 Å². The first-order chi connectivity index (χ1) is 16.6. The Hall–Kier alpha value is -0.110. The number of hydrogen-bond donors (Lipinski definition) is 1. The maximum atomic E-state index is 12.0. The Labute approximate surface area is 219 Å². The maximum Gasteiger partial charge on any atom is 0.306 e. The molecule has 210 valence electrons. The highest BCUT2D eigenvalue weighted by molar-refractivity contribution is 8.54. The summed E-state index contributed by atoms with van der Waals surface area (Å²) < 4.78 is 22.8. The monoisotopic (exact) mass is 539 g/mol. The van der Waals surface area contributed by atoms with Gasteiger partial charge in [-0.1, -0.05) is 108 Å². The smallest absolute Gasteiger partial charge is 0.306 e. The zero-order valence-electron chi connectivity index (χ0n) is 23.0. The highest BCUT2D eigenvalue weighted by Gasteiger charge is 2.19. The molecule has 0 aromatic heterocycles. The van der Waals surface area contributed by atoms with Crippen LogP contribution < -0.4 is 4.89 Å². The number of ether oxygens (including phenoxy) is 1. The molecule has 7 nitrogen and oxygen atoms in total. The van der Waals surface area contributed by atoms with E-state index in [1.807, 2.05) is 21.1 Å². The SMILES string of the molecule is CCCCCCCCCCCCCCCCCC(=O)O[C@H](CO)COP(=O)([O-])SCC[N+](C)(C)C. The first-order valence-corrected chi connectivity index (χ1v) is 16.9. The average molecular weight is 540 g/mol. The van der Waals surface area contributed by atoms with Crippen LogP contribution in [0.1, 0.15) is 110 Å². The lowest BCUT2D eigenvalue weighted by atomic mass is 10.0. The van der Waals surface area contributed by atoms with Crippen LogP contribution in [0.5, 0.6) is 0 Å². The van der Waals surface area contributed by atoms with Crippen molar-refractivity contribution in [1.29, 1.82) is 0 Å². The van der Waals surface area contributed by atoms with Crippen molar-refractivity contribution in [2.24, 2.45) is 0 Å². The Balaban J connectivity index is 3.68. The molecule has 0 aliphatic carbocycles. The third-order valence-electron chi connectivity index (χ3n) is 5.92. The second-order valence-corrected chi connectivity index (χ2v) is 14.5. The number of aliphatic hydroxyl groups excluding tert-OH is 1. The Morgan fingerprint density at radius 3 is 1.77 bits per heavy atom. The van der Waals surface area contributed by atoms with Gasteiger partial charge in [0.25, 0.3) is 0 Å². The number of aliphatic hydroxyl groups is 1. The van der Waals surface area contributed by atoms with Crippen molar-refractivity contribution in [2.75, 3.05) is 46.7 Å². The van der Waals surface area contributed by atoms with Gasteiger partial charge < -0.3 is 23.7 Å². The van der Waals surface area contributed by atoms with Gasteiger partial charge >= 0.3 is 5.97 Å². The molecule has 0 bridgehead atoms. The minimum absolute atomic E-state index is 0.280. The molecule has 0 rings (SSSR count). The molecule has 0 fully saturated rings. The van der Waals surface area contributed by atoms with Crippen molar-refractivity contribution in [3.63, 3.8) is 0 Å². The van der Waals surface area contributed by atoms with Gasteiger partial charge in [-0.25, -0.2) is 0 Å². The van der Waals surface area contributed by atoms with Crippen LogP contribution >= 0.6 is 18.2 Å². The second-order valence-electron chi connectivity index (χ2n) is 10.6. The molecule has 2 atom stereocenters. The van der Waals surface area contributed by atoms with Crippen molar-refractivity contribution in [1.82, 2.24) is 0 Å². The molecule has 35 heavy (non-hydrogen) atoms. The Kier molecular flexibility index (Phi) is 21.9. The van der Waals surface area contributed by atoms with Gasteiger partial charge in [0.05, 0.1) is 46.7 Å². The van der Waals surface area contributed by atoms with E-state index in [2.05, 4.69) is 6.92 Å². The largest absolute Gasteiger partial charge is 0.770 e. The number of quaternary nitrogens is 1. The van der Waals surface area contributed by atoms with E-state index in [0.29, 0.717) is 16.8 Å². The maximum absolute atomic E-state index is 12.0. The summed E-state index contributed by atoms with van der Waals surface area (Å²) in [6.45, 7) is -1.97. The summed E-state index contributed by atoms with van der Waals surface area (Å²) in [5.74, 6) is -0.00619. The van der Waals surface area contributed by atoms with Gasteiger partial charge in [-0.05, 0) is 6.42 Å². The lowest BCUT2D eigenvalue weighted by molar-refractivity contribution is -0.867. The van der Waals surface area contributed by atoms with E-state index in [1.54, 1.807) is 0 Å². The Bertz CT molecular complexity index is 558. The normalized spacial score (nSPS) is 14.6. The van der Waals surface area contributed by atoms with Gasteiger partial charge in [-0.3, -0.25) is 9.36 Å². The predicted octanol–water partition coefficient (Wildman–Crippen LogP) is 6.08. The van der Waals surface area contributed by atoms with Crippen LogP contribution in [0, 0.1) is 0 Å². The number of unbranched alkanes of at least 4 members (excludes halogenated alkanes) is 14. The van der Waals surface area contributed by atoms with Crippen LogP contribution in [0.4, 0.5) is 0 Å². The van der Waals surface area contributed by atoms with E-state index in [1.165, 1.54) is 77.0 Å². The second kappa shape index (κ2) is 21.9. The minimum Gasteiger partial charge on any atom is -0.770 e. The van der Waals surface area contributed by atoms with E-state index in [0.717, 1.165) is 30.6 Å².